The van der Waals surface area contributed by atoms with Crippen molar-refractivity contribution in [1.82, 2.24) is 9.78 Å². The molecule has 30 heavy (non-hydrogen) atoms. The number of carbonyl (C=O) groups excluding carboxylic acids is 1. The van der Waals surface area contributed by atoms with E-state index in [1.165, 1.54) is 6.20 Å². The van der Waals surface area contributed by atoms with Gasteiger partial charge in [0.25, 0.3) is 0 Å². The maximum atomic E-state index is 12.7. The van der Waals surface area contributed by atoms with Crippen LogP contribution in [0.1, 0.15) is 11.1 Å². The quantitative estimate of drug-likeness (QED) is 0.571. The van der Waals surface area contributed by atoms with Gasteiger partial charge in [-0.2, -0.15) is 5.10 Å². The molecular weight excluding hydrogens is 447 g/mol. The Morgan fingerprint density at radius 1 is 1.13 bits per heavy atom. The minimum Gasteiger partial charge on any atom is -0.309 e. The first-order chi connectivity index (χ1) is 14.2. The highest BCUT2D eigenvalue weighted by molar-refractivity contribution is 7.92. The first kappa shape index (κ1) is 22.1. The fraction of sp³-hybridized carbons (Fsp3) is 0.200. The number of nitrogens with zero attached hydrogens (tertiary/aromatic N) is 3. The van der Waals surface area contributed by atoms with Crippen LogP contribution in [0.3, 0.4) is 0 Å². The molecule has 158 valence electrons. The number of hydrogen-bond acceptors (Lipinski definition) is 4. The van der Waals surface area contributed by atoms with Crippen LogP contribution in [0.2, 0.25) is 10.0 Å². The second kappa shape index (κ2) is 9.07. The number of sulfonamides is 1. The number of aryl methyl sites for hydroxylation is 1. The van der Waals surface area contributed by atoms with E-state index in [4.69, 9.17) is 23.2 Å². The van der Waals surface area contributed by atoms with E-state index in [1.807, 2.05) is 6.07 Å². The van der Waals surface area contributed by atoms with Gasteiger partial charge in [0.15, 0.2) is 0 Å². The zero-order chi connectivity index (χ0) is 21.9. The molecule has 1 amide bonds. The topological polar surface area (TPSA) is 84.3 Å². The summed E-state index contributed by atoms with van der Waals surface area (Å²) in [6.07, 6.45) is 2.60. The highest BCUT2D eigenvalue weighted by Gasteiger charge is 2.22. The number of halogens is 2. The van der Waals surface area contributed by atoms with E-state index in [0.29, 0.717) is 21.6 Å². The van der Waals surface area contributed by atoms with Crippen LogP contribution < -0.4 is 9.62 Å². The van der Waals surface area contributed by atoms with Gasteiger partial charge in [-0.05, 0) is 30.2 Å². The van der Waals surface area contributed by atoms with Crippen molar-refractivity contribution in [3.05, 3.63) is 75.9 Å². The maximum absolute atomic E-state index is 12.7. The van der Waals surface area contributed by atoms with Gasteiger partial charge in [-0.3, -0.25) is 9.10 Å². The van der Waals surface area contributed by atoms with Crippen molar-refractivity contribution in [3.63, 3.8) is 0 Å². The van der Waals surface area contributed by atoms with E-state index in [2.05, 4.69) is 10.4 Å². The zero-order valence-corrected chi connectivity index (χ0v) is 18.7. The molecule has 0 saturated heterocycles. The van der Waals surface area contributed by atoms with Crippen LogP contribution in [0, 0.1) is 6.92 Å². The minimum absolute atomic E-state index is 0.287. The van der Waals surface area contributed by atoms with Crippen LogP contribution in [0.5, 0.6) is 0 Å². The predicted octanol–water partition coefficient (Wildman–Crippen LogP) is 3.95. The summed E-state index contributed by atoms with van der Waals surface area (Å²) in [7, 11) is -3.67. The van der Waals surface area contributed by atoms with Gasteiger partial charge in [0, 0.05) is 6.07 Å². The Morgan fingerprint density at radius 3 is 2.57 bits per heavy atom. The zero-order valence-electron chi connectivity index (χ0n) is 16.3. The molecule has 7 nitrogen and oxygen atoms in total. The average Bonchev–Trinajstić information content (AvgIpc) is 3.10. The van der Waals surface area contributed by atoms with Gasteiger partial charge in [-0.15, -0.1) is 0 Å². The molecule has 0 aliphatic carbocycles. The van der Waals surface area contributed by atoms with E-state index in [-0.39, 0.29) is 13.1 Å². The van der Waals surface area contributed by atoms with Gasteiger partial charge < -0.3 is 5.32 Å². The summed E-state index contributed by atoms with van der Waals surface area (Å²) in [4.78, 5) is 12.7. The molecule has 2 aromatic carbocycles. The van der Waals surface area contributed by atoms with E-state index < -0.39 is 15.9 Å². The largest absolute Gasteiger partial charge is 0.309 e. The Morgan fingerprint density at radius 2 is 1.87 bits per heavy atom. The summed E-state index contributed by atoms with van der Waals surface area (Å²) >= 11 is 12.3. The van der Waals surface area contributed by atoms with Crippen molar-refractivity contribution in [3.8, 4) is 0 Å². The van der Waals surface area contributed by atoms with Crippen molar-refractivity contribution >= 4 is 50.6 Å². The molecule has 0 radical (unpaired) electrons. The fourth-order valence-corrected chi connectivity index (χ4v) is 4.23. The molecule has 0 bridgehead atoms. The Balaban J connectivity index is 1.79. The third kappa shape index (κ3) is 5.13. The average molecular weight is 467 g/mol. The van der Waals surface area contributed by atoms with Gasteiger partial charge in [-0.25, -0.2) is 13.1 Å². The van der Waals surface area contributed by atoms with Crippen molar-refractivity contribution in [2.24, 2.45) is 0 Å². The maximum Gasteiger partial charge on any atom is 0.246 e. The highest BCUT2D eigenvalue weighted by Crippen LogP contribution is 2.27. The van der Waals surface area contributed by atoms with Gasteiger partial charge in [0.2, 0.25) is 15.9 Å². The molecule has 0 spiro atoms. The summed E-state index contributed by atoms with van der Waals surface area (Å²) in [6, 6.07) is 13.9. The van der Waals surface area contributed by atoms with Gasteiger partial charge in [0.05, 0.1) is 34.7 Å². The number of aromatic nitrogens is 2. The van der Waals surface area contributed by atoms with E-state index >= 15 is 0 Å². The third-order valence-corrected chi connectivity index (χ3v) is 6.39. The number of carbonyl (C=O) groups is 1. The van der Waals surface area contributed by atoms with Crippen LogP contribution in [-0.2, 0) is 21.4 Å². The Labute approximate surface area is 185 Å². The number of benzene rings is 2. The smallest absolute Gasteiger partial charge is 0.246 e. The summed E-state index contributed by atoms with van der Waals surface area (Å²) in [6.45, 7) is 1.71. The molecule has 0 aliphatic heterocycles. The normalized spacial score (nSPS) is 11.3. The molecule has 0 aliphatic rings. The standard InChI is InChI=1S/C20H20Cl2N4O3S/c1-14-6-3-4-9-17(14)26(30(2,28)29)13-19(27)24-18-10-11-23-25(18)12-15-7-5-8-16(21)20(15)22/h3-11H,12-13H2,1-2H3,(H,24,27). The third-order valence-electron chi connectivity index (χ3n) is 4.41. The van der Waals surface area contributed by atoms with Crippen molar-refractivity contribution < 1.29 is 13.2 Å². The lowest BCUT2D eigenvalue weighted by molar-refractivity contribution is -0.114. The lowest BCUT2D eigenvalue weighted by Crippen LogP contribution is -2.38. The molecule has 1 heterocycles. The monoisotopic (exact) mass is 466 g/mol. The molecule has 3 rings (SSSR count). The van der Waals surface area contributed by atoms with Gasteiger partial charge in [-0.1, -0.05) is 53.5 Å². The van der Waals surface area contributed by atoms with Gasteiger partial charge in [0.1, 0.15) is 12.4 Å². The molecule has 0 atom stereocenters. The first-order valence-electron chi connectivity index (χ1n) is 8.94. The second-order valence-electron chi connectivity index (χ2n) is 6.69. The molecule has 1 aromatic heterocycles. The summed E-state index contributed by atoms with van der Waals surface area (Å²) in [5.74, 6) is -0.0862. The van der Waals surface area contributed by atoms with Crippen molar-refractivity contribution in [2.45, 2.75) is 13.5 Å². The lowest BCUT2D eigenvalue weighted by Gasteiger charge is -2.23. The van der Waals surface area contributed by atoms with Crippen LogP contribution in [0.4, 0.5) is 11.5 Å². The molecule has 10 heteroatoms. The summed E-state index contributed by atoms with van der Waals surface area (Å²) in [5.41, 5.74) is 1.94. The van der Waals surface area contributed by atoms with Crippen LogP contribution >= 0.6 is 23.2 Å². The summed E-state index contributed by atoms with van der Waals surface area (Å²) in [5, 5.41) is 7.76. The molecule has 0 unspecified atom stereocenters. The highest BCUT2D eigenvalue weighted by atomic mass is 35.5. The number of amides is 1. The fourth-order valence-electron chi connectivity index (χ4n) is 2.93. The minimum atomic E-state index is -3.67. The second-order valence-corrected chi connectivity index (χ2v) is 9.38. The van der Waals surface area contributed by atoms with Crippen molar-refractivity contribution in [1.29, 1.82) is 0 Å². The first-order valence-corrected chi connectivity index (χ1v) is 11.5. The van der Waals surface area contributed by atoms with E-state index in [9.17, 15) is 13.2 Å². The molecule has 0 fully saturated rings. The SMILES string of the molecule is Cc1ccccc1N(CC(=O)Nc1ccnn1Cc1cccc(Cl)c1Cl)S(C)(=O)=O. The van der Waals surface area contributed by atoms with E-state index in [0.717, 1.165) is 21.7 Å². The molecule has 3 aromatic rings. The van der Waals surface area contributed by atoms with Crippen molar-refractivity contribution in [2.75, 3.05) is 22.4 Å². The van der Waals surface area contributed by atoms with E-state index in [1.54, 1.807) is 54.1 Å². The predicted molar refractivity (Wildman–Crippen MR) is 120 cm³/mol. The summed E-state index contributed by atoms with van der Waals surface area (Å²) < 4.78 is 27.2. The lowest BCUT2D eigenvalue weighted by atomic mass is 10.2. The number of hydrogen-bond donors (Lipinski definition) is 1. The van der Waals surface area contributed by atoms with Crippen LogP contribution in [-0.4, -0.2) is 36.9 Å². The van der Waals surface area contributed by atoms with Crippen LogP contribution in [0.15, 0.2) is 54.7 Å². The number of para-hydroxylation sites is 1. The molecule has 0 saturated carbocycles. The molecular formula is C20H20Cl2N4O3S. The molecule has 1 N–H and O–H groups in total. The Bertz CT molecular complexity index is 1180. The Hall–Kier alpha value is -2.55. The number of anilines is 2. The van der Waals surface area contributed by atoms with Crippen LogP contribution in [0.25, 0.3) is 0 Å². The number of nitrogens with one attached hydrogen (secondary N) is 1. The Kier molecular flexibility index (Phi) is 6.70. The van der Waals surface area contributed by atoms with Gasteiger partial charge >= 0.3 is 0 Å². The number of rotatable bonds is 7.